The van der Waals surface area contributed by atoms with Crippen LogP contribution in [-0.2, 0) is 0 Å². The predicted molar refractivity (Wildman–Crippen MR) is 20.8 cm³/mol. The first kappa shape index (κ1) is 9.88. The Kier molecular flexibility index (Phi) is 4.67. The van der Waals surface area contributed by atoms with E-state index in [1.54, 1.807) is 0 Å². The van der Waals surface area contributed by atoms with Crippen LogP contribution in [0.2, 0.25) is 0 Å². The van der Waals surface area contributed by atoms with Crippen molar-refractivity contribution < 1.29 is 13.2 Å². The zero-order valence-corrected chi connectivity index (χ0v) is 3.98. The number of rotatable bonds is 0. The molecule has 5 heteroatoms. The quantitative estimate of drug-likeness (QED) is 0.349. The number of hydrogen-bond donors (Lipinski definition) is 1. The summed E-state index contributed by atoms with van der Waals surface area (Å²) in [6.07, 6.45) is 0. The molecule has 0 saturated carbocycles. The first-order chi connectivity index (χ1) is 2.00. The van der Waals surface area contributed by atoms with Gasteiger partial charge in [0.2, 0.25) is 0 Å². The van der Waals surface area contributed by atoms with E-state index >= 15 is 0 Å². The second-order valence-corrected chi connectivity index (χ2v) is 0.975. The summed E-state index contributed by atoms with van der Waals surface area (Å²) in [4.78, 5) is 0. The van der Waals surface area contributed by atoms with Crippen molar-refractivity contribution in [3.8, 4) is 0 Å². The largest absolute Gasteiger partial charge is 0.438 e. The zero-order chi connectivity index (χ0) is 4.50. The number of alkyl halides is 3. The molecule has 0 aromatic carbocycles. The van der Waals surface area contributed by atoms with Crippen LogP contribution in [0.5, 0.6) is 0 Å². The fourth-order valence-corrected chi connectivity index (χ4v) is 0. The van der Waals surface area contributed by atoms with Crippen molar-refractivity contribution >= 4 is 31.5 Å². The van der Waals surface area contributed by atoms with Crippen LogP contribution in [0.15, 0.2) is 0 Å². The van der Waals surface area contributed by atoms with Gasteiger partial charge in [-0.05, 0) is 0 Å². The second-order valence-electron chi connectivity index (χ2n) is 0.468. The SMILES string of the molecule is FC(F)(F)S.[Li]. The molecule has 0 atom stereocenters. The molecule has 0 unspecified atom stereocenters. The third-order valence-corrected chi connectivity index (χ3v) is 0. The van der Waals surface area contributed by atoms with E-state index < -0.39 is 5.51 Å². The van der Waals surface area contributed by atoms with Crippen LogP contribution in [0.3, 0.4) is 0 Å². The normalized spacial score (nSPS) is 10.0. The van der Waals surface area contributed by atoms with Crippen LogP contribution >= 0.6 is 12.6 Å². The van der Waals surface area contributed by atoms with Crippen molar-refractivity contribution in [1.82, 2.24) is 0 Å². The van der Waals surface area contributed by atoms with E-state index in [1.165, 1.54) is 0 Å². The summed E-state index contributed by atoms with van der Waals surface area (Å²) in [6, 6.07) is 0. The molecule has 0 rings (SSSR count). The van der Waals surface area contributed by atoms with Gasteiger partial charge in [-0.1, -0.05) is 12.6 Å². The first-order valence-electron chi connectivity index (χ1n) is 0.791. The molecule has 0 heterocycles. The van der Waals surface area contributed by atoms with Crippen molar-refractivity contribution in [2.45, 2.75) is 5.51 Å². The summed E-state index contributed by atoms with van der Waals surface area (Å²) < 4.78 is 30.7. The Balaban J connectivity index is 0. The molecule has 0 aliphatic heterocycles. The Bertz CT molecular complexity index is 26.3. The fraction of sp³-hybridized carbons (Fsp3) is 1.00. The van der Waals surface area contributed by atoms with Gasteiger partial charge in [0.25, 0.3) is 0 Å². The Labute approximate surface area is 50.7 Å². The van der Waals surface area contributed by atoms with E-state index in [4.69, 9.17) is 0 Å². The van der Waals surface area contributed by atoms with Gasteiger partial charge in [-0.25, -0.2) is 0 Å². The summed E-state index contributed by atoms with van der Waals surface area (Å²) >= 11 is 2.12. The third kappa shape index (κ3) is 122. The van der Waals surface area contributed by atoms with E-state index in [1.807, 2.05) is 0 Å². The van der Waals surface area contributed by atoms with E-state index in [0.29, 0.717) is 0 Å². The van der Waals surface area contributed by atoms with Gasteiger partial charge in [0, 0.05) is 18.9 Å². The first-order valence-corrected chi connectivity index (χ1v) is 1.24. The van der Waals surface area contributed by atoms with Crippen molar-refractivity contribution in [2.24, 2.45) is 0 Å². The average Bonchev–Trinajstić information content (AvgIpc) is 0.722. The number of halogens is 3. The summed E-state index contributed by atoms with van der Waals surface area (Å²) in [5.74, 6) is 0. The van der Waals surface area contributed by atoms with Crippen molar-refractivity contribution in [3.05, 3.63) is 0 Å². The van der Waals surface area contributed by atoms with E-state index in [-0.39, 0.29) is 18.9 Å². The minimum atomic E-state index is -4.31. The van der Waals surface area contributed by atoms with Crippen molar-refractivity contribution in [2.75, 3.05) is 0 Å². The van der Waals surface area contributed by atoms with Gasteiger partial charge < -0.3 is 0 Å². The minimum absolute atomic E-state index is 0. The monoisotopic (exact) mass is 109 g/mol. The number of hydrogen-bond acceptors (Lipinski definition) is 1. The van der Waals surface area contributed by atoms with Crippen LogP contribution in [-0.4, -0.2) is 24.4 Å². The molecule has 6 heavy (non-hydrogen) atoms. The molecular weight excluding hydrogens is 108 g/mol. The van der Waals surface area contributed by atoms with Crippen molar-refractivity contribution in [3.63, 3.8) is 0 Å². The zero-order valence-electron chi connectivity index (χ0n) is 3.08. The standard InChI is InChI=1S/CHF3S.Li/c2-1(3,4)5;/h5H;. The average molecular weight is 109 g/mol. The molecule has 0 amide bonds. The summed E-state index contributed by atoms with van der Waals surface area (Å²) in [5.41, 5.74) is -4.31. The summed E-state index contributed by atoms with van der Waals surface area (Å²) in [6.45, 7) is 0. The predicted octanol–water partition coefficient (Wildman–Crippen LogP) is 1.06. The fourth-order valence-electron chi connectivity index (χ4n) is 0. The maximum atomic E-state index is 10.2. The molecule has 0 fully saturated rings. The number of thiol groups is 1. The van der Waals surface area contributed by atoms with Crippen LogP contribution in [0.4, 0.5) is 13.2 Å². The Hall–Kier alpha value is 0.737. The van der Waals surface area contributed by atoms with Crippen LogP contribution < -0.4 is 0 Å². The summed E-state index contributed by atoms with van der Waals surface area (Å²) in [5, 5.41) is 0. The van der Waals surface area contributed by atoms with Crippen LogP contribution in [0, 0.1) is 0 Å². The third-order valence-electron chi connectivity index (χ3n) is 0. The van der Waals surface area contributed by atoms with Gasteiger partial charge in [-0.3, -0.25) is 0 Å². The molecule has 0 spiro atoms. The van der Waals surface area contributed by atoms with Crippen LogP contribution in [0.1, 0.15) is 0 Å². The smallest absolute Gasteiger partial charge is 0.161 e. The molecule has 0 N–H and O–H groups in total. The Morgan fingerprint density at radius 3 is 1.17 bits per heavy atom. The summed E-state index contributed by atoms with van der Waals surface area (Å²) in [7, 11) is 0. The van der Waals surface area contributed by atoms with E-state index in [9.17, 15) is 13.2 Å². The van der Waals surface area contributed by atoms with Crippen molar-refractivity contribution in [1.29, 1.82) is 0 Å². The molecule has 0 aliphatic rings. The maximum absolute atomic E-state index is 10.2. The van der Waals surface area contributed by atoms with Crippen LogP contribution in [0.25, 0.3) is 0 Å². The second kappa shape index (κ2) is 2.84. The van der Waals surface area contributed by atoms with Gasteiger partial charge in [-0.15, -0.1) is 0 Å². The molecule has 0 aromatic heterocycles. The van der Waals surface area contributed by atoms with E-state index in [2.05, 4.69) is 12.6 Å². The molecule has 0 aromatic rings. The molecule has 1 radical (unpaired) electrons. The van der Waals surface area contributed by atoms with Gasteiger partial charge in [-0.2, -0.15) is 13.2 Å². The Morgan fingerprint density at radius 2 is 1.17 bits per heavy atom. The minimum Gasteiger partial charge on any atom is -0.161 e. The molecule has 0 bridgehead atoms. The molecule has 0 nitrogen and oxygen atoms in total. The van der Waals surface area contributed by atoms with Gasteiger partial charge in [0.05, 0.1) is 0 Å². The van der Waals surface area contributed by atoms with Gasteiger partial charge in [0.15, 0.2) is 0 Å². The molecule has 0 saturated heterocycles. The molecular formula is CHF3LiS. The Morgan fingerprint density at radius 1 is 1.17 bits per heavy atom. The molecule has 0 aliphatic carbocycles. The van der Waals surface area contributed by atoms with E-state index in [0.717, 1.165) is 0 Å². The topological polar surface area (TPSA) is 0 Å². The molecule has 33 valence electrons. The van der Waals surface area contributed by atoms with Gasteiger partial charge in [0.1, 0.15) is 0 Å². The maximum Gasteiger partial charge on any atom is 0.438 e. The van der Waals surface area contributed by atoms with Gasteiger partial charge >= 0.3 is 5.51 Å².